The van der Waals surface area contributed by atoms with Crippen LogP contribution >= 0.6 is 23.4 Å². The second kappa shape index (κ2) is 9.19. The van der Waals surface area contributed by atoms with Gasteiger partial charge in [-0.2, -0.15) is 0 Å². The van der Waals surface area contributed by atoms with Crippen LogP contribution in [0.4, 0.5) is 5.69 Å². The summed E-state index contributed by atoms with van der Waals surface area (Å²) in [5.74, 6) is 0.343. The Bertz CT molecular complexity index is 1160. The normalized spacial score (nSPS) is 18.1. The molecule has 0 bridgehead atoms. The Balaban J connectivity index is 1.28. The van der Waals surface area contributed by atoms with Crippen LogP contribution in [0.5, 0.6) is 0 Å². The first kappa shape index (κ1) is 22.0. The van der Waals surface area contributed by atoms with Gasteiger partial charge in [0.25, 0.3) is 0 Å². The van der Waals surface area contributed by atoms with Gasteiger partial charge in [0.05, 0.1) is 12.5 Å². The van der Waals surface area contributed by atoms with E-state index in [9.17, 15) is 9.59 Å². The van der Waals surface area contributed by atoms with E-state index < -0.39 is 0 Å². The molecule has 2 aliphatic rings. The Labute approximate surface area is 201 Å². The van der Waals surface area contributed by atoms with E-state index in [1.165, 1.54) is 0 Å². The lowest BCUT2D eigenvalue weighted by atomic mass is 10.1. The molecular formula is C24H23ClN4O3S. The Morgan fingerprint density at radius 3 is 2.55 bits per heavy atom. The molecular weight excluding hydrogens is 460 g/mol. The molecule has 2 amide bonds. The summed E-state index contributed by atoms with van der Waals surface area (Å²) >= 11 is 7.60. The van der Waals surface area contributed by atoms with Gasteiger partial charge >= 0.3 is 0 Å². The third kappa shape index (κ3) is 4.77. The van der Waals surface area contributed by atoms with Gasteiger partial charge in [-0.05, 0) is 67.6 Å². The third-order valence-electron chi connectivity index (χ3n) is 5.99. The maximum Gasteiger partial charge on any atom is 0.247 e. The van der Waals surface area contributed by atoms with Gasteiger partial charge in [0.1, 0.15) is 0 Å². The largest absolute Gasteiger partial charge is 0.419 e. The Morgan fingerprint density at radius 1 is 1.15 bits per heavy atom. The monoisotopic (exact) mass is 482 g/mol. The molecule has 0 N–H and O–H groups in total. The summed E-state index contributed by atoms with van der Waals surface area (Å²) < 4.78 is 5.83. The summed E-state index contributed by atoms with van der Waals surface area (Å²) in [4.78, 5) is 30.8. The van der Waals surface area contributed by atoms with E-state index in [-0.39, 0.29) is 36.7 Å². The van der Waals surface area contributed by atoms with Crippen molar-refractivity contribution < 1.29 is 14.0 Å². The van der Waals surface area contributed by atoms with Gasteiger partial charge in [-0.1, -0.05) is 11.6 Å². The van der Waals surface area contributed by atoms with Crippen molar-refractivity contribution in [3.8, 4) is 11.5 Å². The van der Waals surface area contributed by atoms with Crippen LogP contribution in [0, 0.1) is 5.92 Å². The number of hydrogen-bond donors (Lipinski definition) is 0. The van der Waals surface area contributed by atoms with Crippen LogP contribution in [0.1, 0.15) is 25.2 Å². The van der Waals surface area contributed by atoms with E-state index in [1.807, 2.05) is 42.7 Å². The van der Waals surface area contributed by atoms with Crippen molar-refractivity contribution in [3.05, 3.63) is 59.4 Å². The lowest BCUT2D eigenvalue weighted by molar-refractivity contribution is -0.137. The highest BCUT2D eigenvalue weighted by molar-refractivity contribution is 7.98. The standard InChI is InChI=1S/C24H23ClN4O3S/c1-33-20-10-8-18(9-11-20)28-13-16(12-22(28)30)24(31)29(19-6-7-19)14-21-26-27-23(32-21)15-2-4-17(25)5-3-15/h2-5,8-11,16,19H,6-7,12-14H2,1H3. The van der Waals surface area contributed by atoms with Crippen molar-refractivity contribution in [1.29, 1.82) is 0 Å². The number of aromatic nitrogens is 2. The molecule has 3 aromatic rings. The maximum atomic E-state index is 13.4. The summed E-state index contributed by atoms with van der Waals surface area (Å²) in [6.45, 7) is 0.635. The number of halogens is 1. The molecule has 5 rings (SSSR count). The zero-order chi connectivity index (χ0) is 22.9. The molecule has 33 heavy (non-hydrogen) atoms. The smallest absolute Gasteiger partial charge is 0.247 e. The number of nitrogens with zero attached hydrogens (tertiary/aromatic N) is 4. The number of benzene rings is 2. The number of hydrogen-bond acceptors (Lipinski definition) is 6. The SMILES string of the molecule is CSc1ccc(N2CC(C(=O)N(Cc3nnc(-c4ccc(Cl)cc4)o3)C3CC3)CC2=O)cc1. The highest BCUT2D eigenvalue weighted by atomic mass is 35.5. The molecule has 2 heterocycles. The molecule has 9 heteroatoms. The van der Waals surface area contributed by atoms with Crippen molar-refractivity contribution in [2.75, 3.05) is 17.7 Å². The molecule has 1 unspecified atom stereocenters. The summed E-state index contributed by atoms with van der Waals surface area (Å²) in [7, 11) is 0. The van der Waals surface area contributed by atoms with Crippen LogP contribution < -0.4 is 4.90 Å². The number of amides is 2. The van der Waals surface area contributed by atoms with Crippen LogP contribution in [0.25, 0.3) is 11.5 Å². The van der Waals surface area contributed by atoms with E-state index in [0.29, 0.717) is 23.3 Å². The van der Waals surface area contributed by atoms with E-state index in [0.717, 1.165) is 29.0 Å². The first-order valence-corrected chi connectivity index (χ1v) is 12.5. The number of thioether (sulfide) groups is 1. The predicted molar refractivity (Wildman–Crippen MR) is 127 cm³/mol. The quantitative estimate of drug-likeness (QED) is 0.456. The fourth-order valence-electron chi connectivity index (χ4n) is 4.06. The zero-order valence-corrected chi connectivity index (χ0v) is 19.7. The predicted octanol–water partition coefficient (Wildman–Crippen LogP) is 4.66. The van der Waals surface area contributed by atoms with Crippen LogP contribution in [0.3, 0.4) is 0 Å². The van der Waals surface area contributed by atoms with E-state index in [1.54, 1.807) is 33.7 Å². The van der Waals surface area contributed by atoms with Crippen molar-refractivity contribution in [2.45, 2.75) is 36.7 Å². The first-order valence-electron chi connectivity index (χ1n) is 10.8. The average Bonchev–Trinajstić information content (AvgIpc) is 3.44. The molecule has 1 saturated carbocycles. The molecule has 2 fully saturated rings. The first-order chi connectivity index (χ1) is 16.0. The van der Waals surface area contributed by atoms with Crippen LogP contribution in [-0.4, -0.2) is 45.8 Å². The molecule has 1 atom stereocenters. The molecule has 1 aliphatic heterocycles. The maximum absolute atomic E-state index is 13.4. The molecule has 7 nitrogen and oxygen atoms in total. The highest BCUT2D eigenvalue weighted by Crippen LogP contribution is 2.33. The lowest BCUT2D eigenvalue weighted by Crippen LogP contribution is -2.38. The van der Waals surface area contributed by atoms with E-state index >= 15 is 0 Å². The number of carbonyl (C=O) groups is 2. The summed E-state index contributed by atoms with van der Waals surface area (Å²) in [6, 6.07) is 15.2. The molecule has 170 valence electrons. The van der Waals surface area contributed by atoms with Crippen molar-refractivity contribution in [3.63, 3.8) is 0 Å². The van der Waals surface area contributed by atoms with Crippen molar-refractivity contribution in [1.82, 2.24) is 15.1 Å². The molecule has 1 aromatic heterocycles. The molecule has 1 aliphatic carbocycles. The van der Waals surface area contributed by atoms with E-state index in [4.69, 9.17) is 16.0 Å². The second-order valence-corrected chi connectivity index (χ2v) is 9.62. The average molecular weight is 483 g/mol. The van der Waals surface area contributed by atoms with Crippen LogP contribution in [-0.2, 0) is 16.1 Å². The van der Waals surface area contributed by atoms with Gasteiger partial charge in [0.15, 0.2) is 0 Å². The molecule has 2 aromatic carbocycles. The summed E-state index contributed by atoms with van der Waals surface area (Å²) in [5, 5.41) is 8.90. The van der Waals surface area contributed by atoms with Gasteiger partial charge in [0.2, 0.25) is 23.6 Å². The van der Waals surface area contributed by atoms with Gasteiger partial charge in [0, 0.05) is 40.2 Å². The topological polar surface area (TPSA) is 79.5 Å². The van der Waals surface area contributed by atoms with Gasteiger partial charge in [-0.15, -0.1) is 22.0 Å². The second-order valence-electron chi connectivity index (χ2n) is 8.31. The summed E-state index contributed by atoms with van der Waals surface area (Å²) in [6.07, 6.45) is 4.13. The summed E-state index contributed by atoms with van der Waals surface area (Å²) in [5.41, 5.74) is 1.60. The highest BCUT2D eigenvalue weighted by Gasteiger charge is 2.42. The van der Waals surface area contributed by atoms with Crippen LogP contribution in [0.15, 0.2) is 57.8 Å². The minimum Gasteiger partial charge on any atom is -0.419 e. The third-order valence-corrected chi connectivity index (χ3v) is 6.99. The Hall–Kier alpha value is -2.84. The Kier molecular flexibility index (Phi) is 6.12. The van der Waals surface area contributed by atoms with Gasteiger partial charge in [-0.25, -0.2) is 0 Å². The van der Waals surface area contributed by atoms with Gasteiger partial charge in [-0.3, -0.25) is 9.59 Å². The molecule has 0 radical (unpaired) electrons. The van der Waals surface area contributed by atoms with E-state index in [2.05, 4.69) is 10.2 Å². The number of rotatable bonds is 7. The fourth-order valence-corrected chi connectivity index (χ4v) is 4.60. The van der Waals surface area contributed by atoms with Crippen molar-refractivity contribution in [2.24, 2.45) is 5.92 Å². The van der Waals surface area contributed by atoms with Crippen LogP contribution in [0.2, 0.25) is 5.02 Å². The fraction of sp³-hybridized carbons (Fsp3) is 0.333. The van der Waals surface area contributed by atoms with Crippen molar-refractivity contribution >= 4 is 40.9 Å². The number of carbonyl (C=O) groups excluding carboxylic acids is 2. The zero-order valence-electron chi connectivity index (χ0n) is 18.1. The van der Waals surface area contributed by atoms with Gasteiger partial charge < -0.3 is 14.2 Å². The molecule has 1 saturated heterocycles. The minimum absolute atomic E-state index is 0.0242. The number of anilines is 1. The lowest BCUT2D eigenvalue weighted by Gasteiger charge is -2.24. The Morgan fingerprint density at radius 2 is 1.88 bits per heavy atom. The molecule has 0 spiro atoms. The minimum atomic E-state index is -0.378.